The molecule has 24 heavy (non-hydrogen) atoms. The van der Waals surface area contributed by atoms with E-state index in [0.29, 0.717) is 16.3 Å². The maximum Gasteiger partial charge on any atom is 0.305 e. The smallest absolute Gasteiger partial charge is 0.305 e. The molecule has 0 unspecified atom stereocenters. The van der Waals surface area contributed by atoms with Crippen molar-refractivity contribution in [1.29, 1.82) is 0 Å². The van der Waals surface area contributed by atoms with E-state index in [1.165, 1.54) is 11.1 Å². The van der Waals surface area contributed by atoms with Crippen LogP contribution in [0.1, 0.15) is 42.2 Å². The van der Waals surface area contributed by atoms with Crippen LogP contribution in [0.25, 0.3) is 5.69 Å². The molecule has 1 N–H and O–H groups in total. The first-order valence-corrected chi connectivity index (χ1v) is 8.00. The Bertz CT molecular complexity index is 755. The highest BCUT2D eigenvalue weighted by atomic mass is 35.5. The van der Waals surface area contributed by atoms with E-state index in [4.69, 9.17) is 16.7 Å². The number of carboxylic acids is 1. The van der Waals surface area contributed by atoms with Gasteiger partial charge in [0.25, 0.3) is 5.91 Å². The van der Waals surface area contributed by atoms with Crippen LogP contribution >= 0.6 is 11.6 Å². The molecule has 0 aliphatic carbocycles. The quantitative estimate of drug-likeness (QED) is 0.869. The van der Waals surface area contributed by atoms with Crippen molar-refractivity contribution < 1.29 is 14.7 Å². The summed E-state index contributed by atoms with van der Waals surface area (Å²) < 4.78 is 1.67. The Hall–Kier alpha value is -2.34. The Kier molecular flexibility index (Phi) is 5.62. The largest absolute Gasteiger partial charge is 0.481 e. The molecule has 0 bridgehead atoms. The number of amides is 1. The average molecular weight is 350 g/mol. The van der Waals surface area contributed by atoms with Gasteiger partial charge in [-0.05, 0) is 18.1 Å². The van der Waals surface area contributed by atoms with Gasteiger partial charge >= 0.3 is 5.97 Å². The van der Waals surface area contributed by atoms with Gasteiger partial charge in [-0.1, -0.05) is 37.6 Å². The van der Waals surface area contributed by atoms with Crippen LogP contribution in [-0.2, 0) is 4.79 Å². The van der Waals surface area contributed by atoms with Crippen LogP contribution < -0.4 is 0 Å². The fraction of sp³-hybridized carbons (Fsp3) is 0.353. The third kappa shape index (κ3) is 3.76. The second-order valence-corrected chi connectivity index (χ2v) is 6.24. The predicted molar refractivity (Wildman–Crippen MR) is 91.9 cm³/mol. The van der Waals surface area contributed by atoms with E-state index < -0.39 is 5.97 Å². The number of benzene rings is 1. The van der Waals surface area contributed by atoms with Crippen molar-refractivity contribution in [1.82, 2.24) is 14.7 Å². The van der Waals surface area contributed by atoms with Crippen LogP contribution in [0.15, 0.2) is 30.5 Å². The Balaban J connectivity index is 2.40. The molecule has 1 aromatic carbocycles. The van der Waals surface area contributed by atoms with Crippen LogP contribution in [0.3, 0.4) is 0 Å². The normalized spacial score (nSPS) is 10.9. The van der Waals surface area contributed by atoms with Gasteiger partial charge in [0.1, 0.15) is 0 Å². The first kappa shape index (κ1) is 18.0. The van der Waals surface area contributed by atoms with Gasteiger partial charge in [-0.2, -0.15) is 5.10 Å². The summed E-state index contributed by atoms with van der Waals surface area (Å²) in [7, 11) is 1.59. The molecule has 0 fully saturated rings. The van der Waals surface area contributed by atoms with Crippen molar-refractivity contribution in [2.45, 2.75) is 26.2 Å². The van der Waals surface area contributed by atoms with Crippen molar-refractivity contribution in [2.75, 3.05) is 13.6 Å². The van der Waals surface area contributed by atoms with Gasteiger partial charge < -0.3 is 10.0 Å². The van der Waals surface area contributed by atoms with E-state index in [1.807, 2.05) is 32.0 Å². The number of aromatic nitrogens is 2. The molecule has 1 amide bonds. The van der Waals surface area contributed by atoms with Gasteiger partial charge in [0, 0.05) is 13.6 Å². The van der Waals surface area contributed by atoms with E-state index in [9.17, 15) is 9.59 Å². The minimum absolute atomic E-state index is 0.0376. The van der Waals surface area contributed by atoms with Crippen LogP contribution in [0, 0.1) is 0 Å². The highest BCUT2D eigenvalue weighted by molar-refractivity contribution is 6.32. The highest BCUT2D eigenvalue weighted by Gasteiger charge is 2.24. The standard InChI is InChI=1S/C17H20ClN3O3/c1-11(2)16-12(17(24)20(3)9-8-15(22)23)10-19-21(16)14-7-5-4-6-13(14)18/h4-7,10-11H,8-9H2,1-3H3,(H,22,23). The SMILES string of the molecule is CC(C)c1c(C(=O)N(C)CCC(=O)O)cnn1-c1ccccc1Cl. The highest BCUT2D eigenvalue weighted by Crippen LogP contribution is 2.27. The molecule has 0 aliphatic heterocycles. The topological polar surface area (TPSA) is 75.4 Å². The van der Waals surface area contributed by atoms with Crippen molar-refractivity contribution in [3.05, 3.63) is 46.7 Å². The summed E-state index contributed by atoms with van der Waals surface area (Å²) in [5.41, 5.74) is 1.91. The Morgan fingerprint density at radius 1 is 1.33 bits per heavy atom. The summed E-state index contributed by atoms with van der Waals surface area (Å²) in [6.07, 6.45) is 1.41. The molecule has 128 valence electrons. The molecule has 1 heterocycles. The summed E-state index contributed by atoms with van der Waals surface area (Å²) in [5.74, 6) is -1.15. The minimum atomic E-state index is -0.939. The Morgan fingerprint density at radius 2 is 2.00 bits per heavy atom. The van der Waals surface area contributed by atoms with E-state index in [-0.39, 0.29) is 24.8 Å². The molecule has 0 radical (unpaired) electrons. The molecule has 7 heteroatoms. The van der Waals surface area contributed by atoms with Crippen LogP contribution in [-0.4, -0.2) is 45.3 Å². The monoisotopic (exact) mass is 349 g/mol. The molecule has 0 saturated heterocycles. The van der Waals surface area contributed by atoms with Gasteiger partial charge in [-0.3, -0.25) is 9.59 Å². The van der Waals surface area contributed by atoms with E-state index in [0.717, 1.165) is 5.69 Å². The lowest BCUT2D eigenvalue weighted by Gasteiger charge is -2.18. The van der Waals surface area contributed by atoms with Crippen LogP contribution in [0.5, 0.6) is 0 Å². The zero-order chi connectivity index (χ0) is 17.9. The van der Waals surface area contributed by atoms with E-state index >= 15 is 0 Å². The molecular weight excluding hydrogens is 330 g/mol. The molecule has 6 nitrogen and oxygen atoms in total. The summed E-state index contributed by atoms with van der Waals surface area (Å²) in [4.78, 5) is 24.8. The first-order chi connectivity index (χ1) is 11.3. The first-order valence-electron chi connectivity index (χ1n) is 7.63. The third-order valence-electron chi connectivity index (χ3n) is 3.67. The van der Waals surface area contributed by atoms with Crippen molar-refractivity contribution in [3.8, 4) is 5.69 Å². The lowest BCUT2D eigenvalue weighted by atomic mass is 10.0. The van der Waals surface area contributed by atoms with Gasteiger partial charge in [0.15, 0.2) is 0 Å². The average Bonchev–Trinajstić information content (AvgIpc) is 2.97. The second kappa shape index (κ2) is 7.49. The summed E-state index contributed by atoms with van der Waals surface area (Å²) in [6.45, 7) is 4.08. The summed E-state index contributed by atoms with van der Waals surface area (Å²) in [6, 6.07) is 7.29. The molecular formula is C17H20ClN3O3. The van der Waals surface area contributed by atoms with Crippen molar-refractivity contribution in [3.63, 3.8) is 0 Å². The van der Waals surface area contributed by atoms with E-state index in [2.05, 4.69) is 5.10 Å². The zero-order valence-electron chi connectivity index (χ0n) is 13.9. The van der Waals surface area contributed by atoms with Crippen molar-refractivity contribution >= 4 is 23.5 Å². The number of nitrogens with zero attached hydrogens (tertiary/aromatic N) is 3. The number of aliphatic carboxylic acids is 1. The molecule has 0 spiro atoms. The van der Waals surface area contributed by atoms with Crippen molar-refractivity contribution in [2.24, 2.45) is 0 Å². The molecule has 0 saturated carbocycles. The molecule has 2 rings (SSSR count). The third-order valence-corrected chi connectivity index (χ3v) is 3.99. The maximum absolute atomic E-state index is 12.7. The van der Waals surface area contributed by atoms with Crippen LogP contribution in [0.2, 0.25) is 5.02 Å². The number of rotatable bonds is 6. The van der Waals surface area contributed by atoms with Gasteiger partial charge in [-0.25, -0.2) is 4.68 Å². The number of carbonyl (C=O) groups is 2. The predicted octanol–water partition coefficient (Wildman–Crippen LogP) is 3.20. The zero-order valence-corrected chi connectivity index (χ0v) is 14.6. The lowest BCUT2D eigenvalue weighted by Crippen LogP contribution is -2.29. The Labute approximate surface area is 145 Å². The molecule has 0 atom stereocenters. The number of carboxylic acid groups (broad SMARTS) is 1. The van der Waals surface area contributed by atoms with Gasteiger partial charge in [0.2, 0.25) is 0 Å². The van der Waals surface area contributed by atoms with Crippen LogP contribution in [0.4, 0.5) is 0 Å². The van der Waals surface area contributed by atoms with Gasteiger partial charge in [0.05, 0.1) is 34.6 Å². The minimum Gasteiger partial charge on any atom is -0.481 e. The number of halogens is 1. The molecule has 1 aromatic heterocycles. The fourth-order valence-electron chi connectivity index (χ4n) is 2.46. The Morgan fingerprint density at radius 3 is 2.58 bits per heavy atom. The maximum atomic E-state index is 12.7. The van der Waals surface area contributed by atoms with Gasteiger partial charge in [-0.15, -0.1) is 0 Å². The number of para-hydroxylation sites is 1. The fourth-order valence-corrected chi connectivity index (χ4v) is 2.68. The second-order valence-electron chi connectivity index (χ2n) is 5.83. The summed E-state index contributed by atoms with van der Waals surface area (Å²) >= 11 is 6.25. The number of carbonyl (C=O) groups excluding carboxylic acids is 1. The molecule has 0 aliphatic rings. The lowest BCUT2D eigenvalue weighted by molar-refractivity contribution is -0.137. The number of hydrogen-bond acceptors (Lipinski definition) is 3. The summed E-state index contributed by atoms with van der Waals surface area (Å²) in [5, 5.41) is 13.6. The number of hydrogen-bond donors (Lipinski definition) is 1. The van der Waals surface area contributed by atoms with E-state index in [1.54, 1.807) is 17.8 Å². The molecule has 2 aromatic rings.